The van der Waals surface area contributed by atoms with Gasteiger partial charge in [0.05, 0.1) is 0 Å². The van der Waals surface area contributed by atoms with Crippen LogP contribution >= 0.6 is 0 Å². The summed E-state index contributed by atoms with van der Waals surface area (Å²) in [6.45, 7) is 8.97. The van der Waals surface area contributed by atoms with Gasteiger partial charge >= 0.3 is 17.9 Å². The molecule has 6 nitrogen and oxygen atoms in total. The van der Waals surface area contributed by atoms with Crippen LogP contribution in [-0.4, -0.2) is 37.2 Å². The molecule has 0 spiro atoms. The van der Waals surface area contributed by atoms with Gasteiger partial charge in [0.1, 0.15) is 13.2 Å². The predicted octanol–water partition coefficient (Wildman–Crippen LogP) is 15.9. The van der Waals surface area contributed by atoms with Gasteiger partial charge in [0.25, 0.3) is 0 Å². The van der Waals surface area contributed by atoms with Gasteiger partial charge in [-0.1, -0.05) is 240 Å². The zero-order valence-corrected chi connectivity index (χ0v) is 38.1. The zero-order valence-electron chi connectivity index (χ0n) is 38.1. The topological polar surface area (TPSA) is 78.9 Å². The minimum Gasteiger partial charge on any atom is -0.462 e. The van der Waals surface area contributed by atoms with Crippen LogP contribution < -0.4 is 0 Å². The predicted molar refractivity (Wildman–Crippen MR) is 238 cm³/mol. The molecule has 0 N–H and O–H groups in total. The fourth-order valence-corrected chi connectivity index (χ4v) is 7.51. The van der Waals surface area contributed by atoms with E-state index < -0.39 is 6.10 Å². The van der Waals surface area contributed by atoms with E-state index in [0.717, 1.165) is 63.7 Å². The standard InChI is InChI=1S/C50H96O6/c1-5-7-9-11-13-15-17-19-20-22-24-26-30-35-39-43-50(53)56-47(45-55-49(52)42-38-34-31-27-28-32-36-40-46(3)4)44-54-48(51)41-37-33-29-25-23-21-18-16-14-12-10-8-6-2/h46-47H,5-45H2,1-4H3/t47-/m1/s1. The van der Waals surface area contributed by atoms with Crippen LogP contribution in [0.2, 0.25) is 0 Å². The van der Waals surface area contributed by atoms with Crippen molar-refractivity contribution in [2.45, 2.75) is 284 Å². The lowest BCUT2D eigenvalue weighted by atomic mass is 10.0. The number of carbonyl (C=O) groups excluding carboxylic acids is 3. The molecule has 0 aliphatic heterocycles. The second kappa shape index (κ2) is 44.5. The Morgan fingerprint density at radius 3 is 0.875 bits per heavy atom. The molecule has 0 aromatic rings. The van der Waals surface area contributed by atoms with Crippen molar-refractivity contribution in [3.05, 3.63) is 0 Å². The molecular weight excluding hydrogens is 697 g/mol. The third-order valence-electron chi connectivity index (χ3n) is 11.3. The van der Waals surface area contributed by atoms with Crippen molar-refractivity contribution in [2.75, 3.05) is 13.2 Å². The first-order valence-electron chi connectivity index (χ1n) is 24.9. The molecule has 0 bridgehead atoms. The molecular formula is C50H96O6. The molecule has 0 heterocycles. The van der Waals surface area contributed by atoms with E-state index in [1.165, 1.54) is 173 Å². The van der Waals surface area contributed by atoms with Crippen molar-refractivity contribution in [1.29, 1.82) is 0 Å². The van der Waals surface area contributed by atoms with Gasteiger partial charge in [0, 0.05) is 19.3 Å². The second-order valence-electron chi connectivity index (χ2n) is 17.6. The molecule has 56 heavy (non-hydrogen) atoms. The molecule has 0 unspecified atom stereocenters. The molecule has 0 rings (SSSR count). The van der Waals surface area contributed by atoms with Crippen molar-refractivity contribution in [3.63, 3.8) is 0 Å². The van der Waals surface area contributed by atoms with Gasteiger partial charge in [-0.2, -0.15) is 0 Å². The van der Waals surface area contributed by atoms with Gasteiger partial charge < -0.3 is 14.2 Å². The summed E-state index contributed by atoms with van der Waals surface area (Å²) in [7, 11) is 0. The lowest BCUT2D eigenvalue weighted by Crippen LogP contribution is -2.30. The number of carbonyl (C=O) groups is 3. The normalized spacial score (nSPS) is 11.9. The maximum atomic E-state index is 12.8. The first-order chi connectivity index (χ1) is 27.4. The largest absolute Gasteiger partial charge is 0.462 e. The maximum absolute atomic E-state index is 12.8. The summed E-state index contributed by atoms with van der Waals surface area (Å²) in [4.78, 5) is 37.8. The fraction of sp³-hybridized carbons (Fsp3) is 0.940. The number of unbranched alkanes of at least 4 members (excludes halogenated alkanes) is 32. The van der Waals surface area contributed by atoms with Crippen LogP contribution in [0, 0.1) is 5.92 Å². The summed E-state index contributed by atoms with van der Waals surface area (Å²) < 4.78 is 16.8. The smallest absolute Gasteiger partial charge is 0.306 e. The van der Waals surface area contributed by atoms with Gasteiger partial charge in [-0.15, -0.1) is 0 Å². The summed E-state index contributed by atoms with van der Waals surface area (Å²) >= 11 is 0. The Hall–Kier alpha value is -1.59. The SMILES string of the molecule is CCCCCCCCCCCCCCCCCC(=O)O[C@H](COC(=O)CCCCCCCCCCCCCCC)COC(=O)CCCCCCCCCC(C)C. The molecule has 0 amide bonds. The molecule has 0 aromatic carbocycles. The third kappa shape index (κ3) is 43.5. The summed E-state index contributed by atoms with van der Waals surface area (Å²) in [5, 5.41) is 0. The second-order valence-corrected chi connectivity index (χ2v) is 17.6. The van der Waals surface area contributed by atoms with Crippen LogP contribution in [0.3, 0.4) is 0 Å². The summed E-state index contributed by atoms with van der Waals surface area (Å²) in [6, 6.07) is 0. The number of hydrogen-bond donors (Lipinski definition) is 0. The van der Waals surface area contributed by atoms with Crippen molar-refractivity contribution in [1.82, 2.24) is 0 Å². The number of rotatable bonds is 45. The molecule has 0 aliphatic carbocycles. The summed E-state index contributed by atoms with van der Waals surface area (Å²) in [5.74, 6) is -0.0682. The first kappa shape index (κ1) is 54.4. The van der Waals surface area contributed by atoms with E-state index >= 15 is 0 Å². The number of esters is 3. The van der Waals surface area contributed by atoms with Crippen molar-refractivity contribution in [3.8, 4) is 0 Å². The van der Waals surface area contributed by atoms with E-state index in [9.17, 15) is 14.4 Å². The molecule has 332 valence electrons. The minimum atomic E-state index is -0.760. The van der Waals surface area contributed by atoms with E-state index in [0.29, 0.717) is 19.3 Å². The van der Waals surface area contributed by atoms with Crippen molar-refractivity contribution < 1.29 is 28.6 Å². The van der Waals surface area contributed by atoms with Crippen molar-refractivity contribution in [2.24, 2.45) is 5.92 Å². The highest BCUT2D eigenvalue weighted by molar-refractivity contribution is 5.71. The Bertz CT molecular complexity index is 841. The molecule has 6 heteroatoms. The molecule has 0 saturated carbocycles. The van der Waals surface area contributed by atoms with Gasteiger partial charge in [-0.05, 0) is 25.2 Å². The lowest BCUT2D eigenvalue weighted by molar-refractivity contribution is -0.167. The van der Waals surface area contributed by atoms with Crippen LogP contribution in [0.15, 0.2) is 0 Å². The Morgan fingerprint density at radius 2 is 0.589 bits per heavy atom. The monoisotopic (exact) mass is 793 g/mol. The fourth-order valence-electron chi connectivity index (χ4n) is 7.51. The molecule has 0 fully saturated rings. The number of ether oxygens (including phenoxy) is 3. The number of hydrogen-bond acceptors (Lipinski definition) is 6. The third-order valence-corrected chi connectivity index (χ3v) is 11.3. The van der Waals surface area contributed by atoms with Crippen LogP contribution in [-0.2, 0) is 28.6 Å². The first-order valence-corrected chi connectivity index (χ1v) is 24.9. The summed E-state index contributed by atoms with van der Waals surface area (Å²) in [6.07, 6.45) is 45.2. The highest BCUT2D eigenvalue weighted by Gasteiger charge is 2.19. The minimum absolute atomic E-state index is 0.0635. The zero-order chi connectivity index (χ0) is 41.0. The van der Waals surface area contributed by atoms with E-state index in [1.54, 1.807) is 0 Å². The van der Waals surface area contributed by atoms with E-state index in [4.69, 9.17) is 14.2 Å². The van der Waals surface area contributed by atoms with Gasteiger partial charge in [0.2, 0.25) is 0 Å². The highest BCUT2D eigenvalue weighted by atomic mass is 16.6. The molecule has 0 aliphatic rings. The Balaban J connectivity index is 4.30. The van der Waals surface area contributed by atoms with Crippen LogP contribution in [0.1, 0.15) is 278 Å². The molecule has 0 aromatic heterocycles. The summed E-state index contributed by atoms with van der Waals surface area (Å²) in [5.41, 5.74) is 0. The van der Waals surface area contributed by atoms with Gasteiger partial charge in [-0.25, -0.2) is 0 Å². The van der Waals surface area contributed by atoms with Crippen LogP contribution in [0.25, 0.3) is 0 Å². The quantitative estimate of drug-likeness (QED) is 0.0347. The lowest BCUT2D eigenvalue weighted by Gasteiger charge is -2.18. The highest BCUT2D eigenvalue weighted by Crippen LogP contribution is 2.17. The molecule has 0 radical (unpaired) electrons. The van der Waals surface area contributed by atoms with E-state index in [2.05, 4.69) is 27.7 Å². The Labute approximate surface area is 348 Å². The average molecular weight is 793 g/mol. The maximum Gasteiger partial charge on any atom is 0.306 e. The molecule has 1 atom stereocenters. The Kier molecular flexibility index (Phi) is 43.2. The Morgan fingerprint density at radius 1 is 0.339 bits per heavy atom. The van der Waals surface area contributed by atoms with Gasteiger partial charge in [-0.3, -0.25) is 14.4 Å². The molecule has 0 saturated heterocycles. The van der Waals surface area contributed by atoms with Gasteiger partial charge in [0.15, 0.2) is 6.10 Å². The van der Waals surface area contributed by atoms with E-state index in [1.807, 2.05) is 0 Å². The van der Waals surface area contributed by atoms with E-state index in [-0.39, 0.29) is 31.1 Å². The van der Waals surface area contributed by atoms with Crippen LogP contribution in [0.5, 0.6) is 0 Å². The van der Waals surface area contributed by atoms with Crippen LogP contribution in [0.4, 0.5) is 0 Å². The average Bonchev–Trinajstić information content (AvgIpc) is 3.18. The van der Waals surface area contributed by atoms with Crippen molar-refractivity contribution >= 4 is 17.9 Å².